The highest BCUT2D eigenvalue weighted by Gasteiger charge is 2.45. The van der Waals surface area contributed by atoms with E-state index in [1.54, 1.807) is 29.2 Å². The second kappa shape index (κ2) is 13.5. The fourth-order valence-corrected chi connectivity index (χ4v) is 5.27. The topological polar surface area (TPSA) is 88.5 Å². The smallest absolute Gasteiger partial charge is 0.295 e. The van der Waals surface area contributed by atoms with Gasteiger partial charge in [-0.3, -0.25) is 14.5 Å². The first-order valence-electron chi connectivity index (χ1n) is 14.1. The highest BCUT2D eigenvalue weighted by atomic mass is 16.5. The van der Waals surface area contributed by atoms with E-state index in [0.717, 1.165) is 36.5 Å². The van der Waals surface area contributed by atoms with Crippen LogP contribution in [0.25, 0.3) is 5.76 Å². The average molecular weight is 557 g/mol. The van der Waals surface area contributed by atoms with Crippen molar-refractivity contribution in [2.24, 2.45) is 0 Å². The maximum Gasteiger partial charge on any atom is 0.295 e. The zero-order chi connectivity index (χ0) is 28.6. The highest BCUT2D eigenvalue weighted by molar-refractivity contribution is 6.46. The number of amides is 1. The van der Waals surface area contributed by atoms with Crippen LogP contribution >= 0.6 is 0 Å². The van der Waals surface area contributed by atoms with Gasteiger partial charge < -0.3 is 24.2 Å². The number of rotatable bonds is 11. The van der Waals surface area contributed by atoms with Crippen LogP contribution in [0.1, 0.15) is 29.2 Å². The summed E-state index contributed by atoms with van der Waals surface area (Å²) in [6.07, 6.45) is 0.705. The van der Waals surface area contributed by atoms with Crippen molar-refractivity contribution in [3.63, 3.8) is 0 Å². The molecule has 1 N–H and O–H groups in total. The minimum Gasteiger partial charge on any atom is -0.507 e. The first kappa shape index (κ1) is 28.4. The number of nitrogens with zero attached hydrogens (tertiary/aromatic N) is 2. The van der Waals surface area contributed by atoms with Crippen LogP contribution in [0.2, 0.25) is 0 Å². The van der Waals surface area contributed by atoms with Gasteiger partial charge >= 0.3 is 0 Å². The number of hydrogen-bond donors (Lipinski definition) is 1. The summed E-state index contributed by atoms with van der Waals surface area (Å²) in [6, 6.07) is 23.3. The van der Waals surface area contributed by atoms with Crippen molar-refractivity contribution in [2.75, 3.05) is 52.6 Å². The Kier molecular flexibility index (Phi) is 9.33. The fraction of sp³-hybridized carbons (Fsp3) is 0.333. The number of morpholine rings is 1. The first-order valence-corrected chi connectivity index (χ1v) is 14.1. The Bertz CT molecular complexity index is 1370. The molecule has 0 aromatic heterocycles. The SMILES string of the molecule is Cc1ccccc1OCCOc1ccc([C@H]2C(=C(O)c3ccccc3)C(=O)C(=O)N2CCCN2CCOCC2)cc1. The molecule has 2 heterocycles. The number of likely N-dealkylation sites (tertiary alicyclic amines) is 1. The third-order valence-electron chi connectivity index (χ3n) is 7.46. The number of carbonyl (C=O) groups is 2. The summed E-state index contributed by atoms with van der Waals surface area (Å²) in [5, 5.41) is 11.2. The van der Waals surface area contributed by atoms with Crippen LogP contribution in [0.5, 0.6) is 11.5 Å². The zero-order valence-electron chi connectivity index (χ0n) is 23.3. The molecule has 5 rings (SSSR count). The summed E-state index contributed by atoms with van der Waals surface area (Å²) in [4.78, 5) is 30.4. The van der Waals surface area contributed by atoms with E-state index in [1.165, 1.54) is 0 Å². The van der Waals surface area contributed by atoms with Crippen molar-refractivity contribution in [1.82, 2.24) is 9.80 Å². The summed E-state index contributed by atoms with van der Waals surface area (Å²) < 4.78 is 17.1. The van der Waals surface area contributed by atoms with Gasteiger partial charge in [-0.2, -0.15) is 0 Å². The molecule has 0 aliphatic carbocycles. The zero-order valence-corrected chi connectivity index (χ0v) is 23.3. The third-order valence-corrected chi connectivity index (χ3v) is 7.46. The number of ketones is 1. The molecule has 2 saturated heterocycles. The molecule has 0 radical (unpaired) electrons. The molecule has 1 amide bonds. The highest BCUT2D eigenvalue weighted by Crippen LogP contribution is 2.40. The second-order valence-electron chi connectivity index (χ2n) is 10.2. The van der Waals surface area contributed by atoms with E-state index in [4.69, 9.17) is 14.2 Å². The molecule has 214 valence electrons. The number of aryl methyl sites for hydroxylation is 1. The number of Topliss-reactive ketones (excluding diaryl/α,β-unsaturated/α-hetero) is 1. The molecule has 0 unspecified atom stereocenters. The molecule has 8 heteroatoms. The maximum absolute atomic E-state index is 13.3. The van der Waals surface area contributed by atoms with Crippen molar-refractivity contribution in [2.45, 2.75) is 19.4 Å². The molecule has 3 aromatic rings. The average Bonchev–Trinajstić information content (AvgIpc) is 3.26. The number of benzene rings is 3. The van der Waals surface area contributed by atoms with Crippen LogP contribution in [0.15, 0.2) is 84.4 Å². The van der Waals surface area contributed by atoms with Gasteiger partial charge in [0, 0.05) is 31.7 Å². The van der Waals surface area contributed by atoms with E-state index in [2.05, 4.69) is 4.90 Å². The Labute approximate surface area is 240 Å². The predicted octanol–water partition coefficient (Wildman–Crippen LogP) is 4.60. The standard InChI is InChI=1S/C33H36N2O6/c1-24-8-5-6-11-28(24)41-23-22-40-27-14-12-25(13-15-27)30-29(31(36)26-9-3-2-4-10-26)32(37)33(38)35(30)17-7-16-34-18-20-39-21-19-34/h2-6,8-15,30,36H,7,16-23H2,1H3/t30-/m0/s1. The van der Waals surface area contributed by atoms with Crippen molar-refractivity contribution in [3.05, 3.63) is 101 Å². The lowest BCUT2D eigenvalue weighted by atomic mass is 9.95. The lowest BCUT2D eigenvalue weighted by molar-refractivity contribution is -0.140. The normalized spacial score (nSPS) is 19.0. The van der Waals surface area contributed by atoms with Gasteiger partial charge in [0.05, 0.1) is 24.8 Å². The lowest BCUT2D eigenvalue weighted by Gasteiger charge is -2.29. The molecule has 8 nitrogen and oxygen atoms in total. The van der Waals surface area contributed by atoms with Gasteiger partial charge in [0.1, 0.15) is 30.5 Å². The Morgan fingerprint density at radius 3 is 2.29 bits per heavy atom. The monoisotopic (exact) mass is 556 g/mol. The van der Waals surface area contributed by atoms with E-state index in [9.17, 15) is 14.7 Å². The van der Waals surface area contributed by atoms with Crippen molar-refractivity contribution in [1.29, 1.82) is 0 Å². The number of para-hydroxylation sites is 1. The van der Waals surface area contributed by atoms with Gasteiger partial charge in [0.25, 0.3) is 11.7 Å². The third kappa shape index (κ3) is 6.78. The van der Waals surface area contributed by atoms with Crippen LogP contribution in [0, 0.1) is 6.92 Å². The number of aliphatic hydroxyl groups excluding tert-OH is 1. The Morgan fingerprint density at radius 2 is 1.56 bits per heavy atom. The van der Waals surface area contributed by atoms with E-state index in [-0.39, 0.29) is 11.3 Å². The Hall–Kier alpha value is -4.14. The Morgan fingerprint density at radius 1 is 0.878 bits per heavy atom. The summed E-state index contributed by atoms with van der Waals surface area (Å²) in [7, 11) is 0. The molecule has 2 aliphatic heterocycles. The molecule has 1 atom stereocenters. The number of hydrogen-bond acceptors (Lipinski definition) is 7. The van der Waals surface area contributed by atoms with Crippen LogP contribution in [0.4, 0.5) is 0 Å². The predicted molar refractivity (Wildman–Crippen MR) is 156 cm³/mol. The molecule has 2 aliphatic rings. The van der Waals surface area contributed by atoms with Crippen molar-refractivity contribution < 1.29 is 28.9 Å². The number of ether oxygens (including phenoxy) is 3. The summed E-state index contributed by atoms with van der Waals surface area (Å²) in [6.45, 7) is 7.07. The van der Waals surface area contributed by atoms with Crippen LogP contribution in [-0.4, -0.2) is 79.2 Å². The van der Waals surface area contributed by atoms with Gasteiger partial charge in [0.15, 0.2) is 0 Å². The van der Waals surface area contributed by atoms with Gasteiger partial charge in [0.2, 0.25) is 0 Å². The molecule has 41 heavy (non-hydrogen) atoms. The van der Waals surface area contributed by atoms with Gasteiger partial charge in [-0.05, 0) is 42.7 Å². The van der Waals surface area contributed by atoms with E-state index in [0.29, 0.717) is 50.7 Å². The number of carbonyl (C=O) groups excluding carboxylic acids is 2. The summed E-state index contributed by atoms with van der Waals surface area (Å²) in [5.41, 5.74) is 2.40. The van der Waals surface area contributed by atoms with Crippen LogP contribution in [-0.2, 0) is 14.3 Å². The van der Waals surface area contributed by atoms with Gasteiger partial charge in [-0.1, -0.05) is 60.7 Å². The van der Waals surface area contributed by atoms with Crippen molar-refractivity contribution >= 4 is 17.4 Å². The lowest BCUT2D eigenvalue weighted by Crippen LogP contribution is -2.38. The molecule has 2 fully saturated rings. The molecular weight excluding hydrogens is 520 g/mol. The second-order valence-corrected chi connectivity index (χ2v) is 10.2. The minimum absolute atomic E-state index is 0.105. The summed E-state index contributed by atoms with van der Waals surface area (Å²) >= 11 is 0. The number of aliphatic hydroxyl groups is 1. The molecular formula is C33H36N2O6. The van der Waals surface area contributed by atoms with Gasteiger partial charge in [-0.15, -0.1) is 0 Å². The fourth-order valence-electron chi connectivity index (χ4n) is 5.27. The van der Waals surface area contributed by atoms with Gasteiger partial charge in [-0.25, -0.2) is 0 Å². The van der Waals surface area contributed by atoms with Crippen molar-refractivity contribution in [3.8, 4) is 11.5 Å². The van der Waals surface area contributed by atoms with E-state index < -0.39 is 17.7 Å². The van der Waals surface area contributed by atoms with Crippen LogP contribution < -0.4 is 9.47 Å². The Balaban J connectivity index is 1.32. The molecule has 0 bridgehead atoms. The molecule has 0 spiro atoms. The van der Waals surface area contributed by atoms with E-state index >= 15 is 0 Å². The molecule has 0 saturated carbocycles. The molecule has 3 aromatic carbocycles. The quantitative estimate of drug-likeness (QED) is 0.160. The largest absolute Gasteiger partial charge is 0.507 e. The minimum atomic E-state index is -0.696. The summed E-state index contributed by atoms with van der Waals surface area (Å²) in [5.74, 6) is 0.0422. The maximum atomic E-state index is 13.3. The van der Waals surface area contributed by atoms with Crippen LogP contribution in [0.3, 0.4) is 0 Å². The first-order chi connectivity index (χ1) is 20.0. The van der Waals surface area contributed by atoms with E-state index in [1.807, 2.05) is 61.5 Å².